The molecule has 8 heteroatoms. The lowest BCUT2D eigenvalue weighted by Gasteiger charge is -2.24. The predicted molar refractivity (Wildman–Crippen MR) is 104 cm³/mol. The van der Waals surface area contributed by atoms with Gasteiger partial charge >= 0.3 is 0 Å². The van der Waals surface area contributed by atoms with E-state index in [1.165, 1.54) is 35.2 Å². The number of nitro groups is 1. The maximum Gasteiger partial charge on any atom is 0.271 e. The molecule has 0 radical (unpaired) electrons. The number of nitrogens with zero attached hydrogens (tertiary/aromatic N) is 2. The Balaban J connectivity index is 2.17. The van der Waals surface area contributed by atoms with Gasteiger partial charge in [0.05, 0.1) is 21.2 Å². The Hall–Kier alpha value is -3.09. The van der Waals surface area contributed by atoms with Gasteiger partial charge in [0.2, 0.25) is 0 Å². The third-order valence-electron chi connectivity index (χ3n) is 3.79. The molecule has 0 heterocycles. The van der Waals surface area contributed by atoms with Crippen LogP contribution in [-0.2, 0) is 0 Å². The minimum atomic E-state index is -0.586. The molecule has 0 unspecified atom stereocenters. The third kappa shape index (κ3) is 3.86. The number of rotatable bonds is 4. The number of nitro benzene ring substituents is 1. The van der Waals surface area contributed by atoms with Crippen LogP contribution in [0.25, 0.3) is 0 Å². The van der Waals surface area contributed by atoms with E-state index in [9.17, 15) is 20.0 Å². The van der Waals surface area contributed by atoms with Crippen LogP contribution >= 0.6 is 23.2 Å². The lowest BCUT2D eigenvalue weighted by Crippen LogP contribution is -2.26. The number of anilines is 2. The van der Waals surface area contributed by atoms with Crippen LogP contribution in [0.3, 0.4) is 0 Å². The van der Waals surface area contributed by atoms with Gasteiger partial charge in [0.1, 0.15) is 5.75 Å². The summed E-state index contributed by atoms with van der Waals surface area (Å²) in [6.07, 6.45) is 0. The fraction of sp³-hybridized carbons (Fsp3) is 0. The summed E-state index contributed by atoms with van der Waals surface area (Å²) >= 11 is 12.2. The minimum absolute atomic E-state index is 0.0166. The lowest BCUT2D eigenvalue weighted by atomic mass is 10.1. The number of halogens is 2. The van der Waals surface area contributed by atoms with Gasteiger partial charge in [-0.15, -0.1) is 0 Å². The molecule has 3 aromatic rings. The molecule has 0 spiro atoms. The standard InChI is InChI=1S/C19H12Cl2N2O4/c20-12-6-9-18(24)15(10-12)19(25)22(13-4-2-1-3-5-13)17-8-7-14(23(26)27)11-16(17)21/h1-11,24H. The molecule has 0 aliphatic heterocycles. The summed E-state index contributed by atoms with van der Waals surface area (Å²) in [6.45, 7) is 0. The second-order valence-corrected chi connectivity index (χ2v) is 6.37. The Morgan fingerprint density at radius 2 is 1.70 bits per heavy atom. The van der Waals surface area contributed by atoms with Crippen molar-refractivity contribution in [2.24, 2.45) is 0 Å². The molecule has 6 nitrogen and oxygen atoms in total. The van der Waals surface area contributed by atoms with Crippen molar-refractivity contribution >= 4 is 46.2 Å². The van der Waals surface area contributed by atoms with Crippen molar-refractivity contribution in [3.63, 3.8) is 0 Å². The first kappa shape index (κ1) is 18.7. The second-order valence-electron chi connectivity index (χ2n) is 5.53. The van der Waals surface area contributed by atoms with Crippen LogP contribution in [0.4, 0.5) is 17.1 Å². The largest absolute Gasteiger partial charge is 0.507 e. The zero-order chi connectivity index (χ0) is 19.6. The highest BCUT2D eigenvalue weighted by Crippen LogP contribution is 2.37. The monoisotopic (exact) mass is 402 g/mol. The van der Waals surface area contributed by atoms with E-state index in [1.807, 2.05) is 0 Å². The number of phenols is 1. The molecule has 27 heavy (non-hydrogen) atoms. The summed E-state index contributed by atoms with van der Waals surface area (Å²) in [5, 5.41) is 21.4. The van der Waals surface area contributed by atoms with Crippen molar-refractivity contribution in [3.8, 4) is 5.75 Å². The van der Waals surface area contributed by atoms with Crippen LogP contribution in [-0.4, -0.2) is 15.9 Å². The zero-order valence-electron chi connectivity index (χ0n) is 13.7. The molecule has 1 N–H and O–H groups in total. The van der Waals surface area contributed by atoms with Gasteiger partial charge in [-0.3, -0.25) is 19.8 Å². The topological polar surface area (TPSA) is 83.7 Å². The Bertz CT molecular complexity index is 1030. The van der Waals surface area contributed by atoms with Crippen molar-refractivity contribution in [2.75, 3.05) is 4.90 Å². The molecule has 0 aromatic heterocycles. The summed E-state index contributed by atoms with van der Waals surface area (Å²) in [5.41, 5.74) is 0.478. The smallest absolute Gasteiger partial charge is 0.271 e. The van der Waals surface area contributed by atoms with Gasteiger partial charge in [0, 0.05) is 22.8 Å². The van der Waals surface area contributed by atoms with E-state index in [2.05, 4.69) is 0 Å². The molecule has 0 bridgehead atoms. The van der Waals surface area contributed by atoms with E-state index in [0.29, 0.717) is 5.69 Å². The Morgan fingerprint density at radius 1 is 1.00 bits per heavy atom. The minimum Gasteiger partial charge on any atom is -0.507 e. The van der Waals surface area contributed by atoms with Gasteiger partial charge in [-0.2, -0.15) is 0 Å². The van der Waals surface area contributed by atoms with E-state index in [-0.39, 0.29) is 32.7 Å². The SMILES string of the molecule is O=C(c1cc(Cl)ccc1O)N(c1ccccc1)c1ccc([N+](=O)[O-])cc1Cl. The maximum atomic E-state index is 13.2. The number of hydrogen-bond acceptors (Lipinski definition) is 4. The molecule has 0 atom stereocenters. The van der Waals surface area contributed by atoms with E-state index in [0.717, 1.165) is 6.07 Å². The molecular formula is C19H12Cl2N2O4. The van der Waals surface area contributed by atoms with Gasteiger partial charge in [-0.05, 0) is 36.4 Å². The summed E-state index contributed by atoms with van der Waals surface area (Å²) in [7, 11) is 0. The van der Waals surface area contributed by atoms with E-state index < -0.39 is 10.8 Å². The van der Waals surface area contributed by atoms with Crippen LogP contribution in [0.5, 0.6) is 5.75 Å². The second kappa shape index (κ2) is 7.65. The average molecular weight is 403 g/mol. The normalized spacial score (nSPS) is 10.4. The fourth-order valence-electron chi connectivity index (χ4n) is 2.53. The highest BCUT2D eigenvalue weighted by atomic mass is 35.5. The quantitative estimate of drug-likeness (QED) is 0.455. The predicted octanol–water partition coefficient (Wildman–Crippen LogP) is 5.59. The first-order valence-corrected chi connectivity index (χ1v) is 8.46. The number of para-hydroxylation sites is 1. The number of carbonyl (C=O) groups is 1. The first-order chi connectivity index (χ1) is 12.9. The number of benzene rings is 3. The van der Waals surface area contributed by atoms with Gasteiger partial charge in [0.25, 0.3) is 11.6 Å². The highest BCUT2D eigenvalue weighted by molar-refractivity contribution is 6.35. The van der Waals surface area contributed by atoms with E-state index in [1.54, 1.807) is 30.3 Å². The number of phenolic OH excluding ortho intramolecular Hbond substituents is 1. The van der Waals surface area contributed by atoms with Crippen LogP contribution in [0, 0.1) is 10.1 Å². The van der Waals surface area contributed by atoms with Crippen LogP contribution in [0.15, 0.2) is 66.7 Å². The van der Waals surface area contributed by atoms with Crippen molar-refractivity contribution < 1.29 is 14.8 Å². The number of non-ortho nitro benzene ring substituents is 1. The van der Waals surface area contributed by atoms with Crippen molar-refractivity contribution in [1.82, 2.24) is 0 Å². The first-order valence-electron chi connectivity index (χ1n) is 7.70. The summed E-state index contributed by atoms with van der Waals surface area (Å²) in [6, 6.07) is 16.5. The zero-order valence-corrected chi connectivity index (χ0v) is 15.2. The molecule has 0 saturated heterocycles. The Kier molecular flexibility index (Phi) is 5.30. The lowest BCUT2D eigenvalue weighted by molar-refractivity contribution is -0.384. The molecule has 0 aliphatic carbocycles. The van der Waals surface area contributed by atoms with Gasteiger partial charge < -0.3 is 5.11 Å². The van der Waals surface area contributed by atoms with E-state index >= 15 is 0 Å². The molecule has 0 fully saturated rings. The summed E-state index contributed by atoms with van der Waals surface area (Å²) < 4.78 is 0. The van der Waals surface area contributed by atoms with Crippen LogP contribution < -0.4 is 4.90 Å². The Labute approximate surface area is 164 Å². The van der Waals surface area contributed by atoms with Gasteiger partial charge in [-0.1, -0.05) is 41.4 Å². The van der Waals surface area contributed by atoms with Gasteiger partial charge in [0.15, 0.2) is 0 Å². The maximum absolute atomic E-state index is 13.2. The Morgan fingerprint density at radius 3 is 2.33 bits per heavy atom. The molecule has 1 amide bonds. The number of hydrogen-bond donors (Lipinski definition) is 1. The molecule has 3 aromatic carbocycles. The molecule has 136 valence electrons. The van der Waals surface area contributed by atoms with Crippen molar-refractivity contribution in [3.05, 3.63) is 92.5 Å². The van der Waals surface area contributed by atoms with Crippen LogP contribution in [0.1, 0.15) is 10.4 Å². The summed E-state index contributed by atoms with van der Waals surface area (Å²) in [4.78, 5) is 24.9. The number of aromatic hydroxyl groups is 1. The summed E-state index contributed by atoms with van der Waals surface area (Å²) in [5.74, 6) is -0.833. The fourth-order valence-corrected chi connectivity index (χ4v) is 2.96. The highest BCUT2D eigenvalue weighted by Gasteiger charge is 2.25. The third-order valence-corrected chi connectivity index (χ3v) is 4.33. The molecular weight excluding hydrogens is 391 g/mol. The molecule has 0 saturated carbocycles. The van der Waals surface area contributed by atoms with Gasteiger partial charge in [-0.25, -0.2) is 0 Å². The van der Waals surface area contributed by atoms with Crippen molar-refractivity contribution in [1.29, 1.82) is 0 Å². The number of amides is 1. The number of carbonyl (C=O) groups excluding carboxylic acids is 1. The average Bonchev–Trinajstić information content (AvgIpc) is 2.65. The molecule has 0 aliphatic rings. The molecule has 3 rings (SSSR count). The van der Waals surface area contributed by atoms with Crippen molar-refractivity contribution in [2.45, 2.75) is 0 Å². The van der Waals surface area contributed by atoms with Crippen LogP contribution in [0.2, 0.25) is 10.0 Å². The van der Waals surface area contributed by atoms with E-state index in [4.69, 9.17) is 23.2 Å².